The van der Waals surface area contributed by atoms with Gasteiger partial charge in [0.25, 0.3) is 0 Å². The molecule has 0 bridgehead atoms. The van der Waals surface area contributed by atoms with Crippen LogP contribution < -0.4 is 41.3 Å². The van der Waals surface area contributed by atoms with Gasteiger partial charge in [-0.15, -0.1) is 0 Å². The summed E-state index contributed by atoms with van der Waals surface area (Å²) >= 11 is 16.5. The highest BCUT2D eigenvalue weighted by atomic mass is 35.5. The number of nitriles is 4. The largest absolute Gasteiger partial charge is 0.494 e. The molecule has 658 valence electrons. The van der Waals surface area contributed by atoms with Crippen LogP contribution in [0.5, 0.6) is 5.75 Å². The SMILES string of the molecule is CC1(C)OB(c2ccc(F)c(C#N)c2)OC1(C)C.CN1CCC(O)C1.CN1CCN(c2ccc(N)nc2)CC1.CN1CCN(c2ccc(Nc3cc(-c4ccc(F)c(C#N)c4)ncn3)nc2)CC1.CN1CCN(c2ccc(Nc3cc(-c4ccc(OC5CCN(C)C5)c(C#N)c4)ncn3)nc2)CC1.Clc1cc(Cl)ncn1.N#Cc1cc(-c2cc(Cl)ncn2)ccc1F. The van der Waals surface area contributed by atoms with E-state index >= 15 is 0 Å². The molecule has 0 spiro atoms. The highest BCUT2D eigenvalue weighted by Crippen LogP contribution is 2.37. The standard InChI is InChI=1S/C26H30N8O.C21H20FN7.C13H15BFNO2.C11H5ClFN3.C10H16N4.C5H11NO.C4H2Cl2N2/c1-32-9-11-34(12-10-32)21-4-6-25(28-16-21)31-26-14-23(29-18-30-26)19-3-5-24(20(13-19)15-27)35-22-7-8-33(2)17-22;1-28-6-8-29(9-7-28)17-3-5-20(24-13-17)27-21-11-19(25-14-26-21)15-2-4-18(22)16(10-15)12-23;1-12(2)13(3,4)18-14(17-12)10-5-6-11(15)9(7-10)8-16;12-11-4-10(15-6-16-11)7-1-2-9(13)8(3-7)5-14;1-13-4-6-14(7-5-13)9-2-3-10(11)12-8-9;1-6-3-2-5(7)4-6;5-3-1-4(6)8-2-7-3/h3-6,13-14,16,18,22H,7-12,17H2,1-2H3,(H,28,29,30,31);2-5,10-11,13-14H,6-9H2,1H3,(H,24,25,26,27);5-7H,1-4H3;1-4,6H;2-3,8H,4-7H2,1H3,(H2,11,12);5,7H,2-4H2,1H3;1-2H. The molecule has 13 heterocycles. The lowest BCUT2D eigenvalue weighted by molar-refractivity contribution is 0.00578. The second-order valence-electron chi connectivity index (χ2n) is 31.7. The molecule has 11 aromatic rings. The molecule has 30 nitrogen and oxygen atoms in total. The number of β-amino-alcohol motifs (C(OH)–C–C–N with tert-alkyl or cyclic N) is 1. The molecule has 6 aliphatic heterocycles. The van der Waals surface area contributed by atoms with E-state index in [9.17, 15) is 18.4 Å². The van der Waals surface area contributed by atoms with E-state index in [0.717, 1.165) is 146 Å². The van der Waals surface area contributed by atoms with Crippen molar-refractivity contribution in [3.63, 3.8) is 0 Å². The van der Waals surface area contributed by atoms with Gasteiger partial charge >= 0.3 is 7.12 Å². The number of likely N-dealkylation sites (tertiary alicyclic amines) is 2. The highest BCUT2D eigenvalue weighted by molar-refractivity contribution is 6.62. The van der Waals surface area contributed by atoms with Crippen LogP contribution in [-0.4, -0.2) is 255 Å². The van der Waals surface area contributed by atoms with Crippen molar-refractivity contribution in [1.29, 1.82) is 21.0 Å². The molecular formula is C90H99BCl3F3N26O4. The Morgan fingerprint density at radius 3 is 1.17 bits per heavy atom. The van der Waals surface area contributed by atoms with Gasteiger partial charge in [0.15, 0.2) is 0 Å². The second-order valence-corrected chi connectivity index (χ2v) is 32.9. The Morgan fingerprint density at radius 2 is 0.803 bits per heavy atom. The van der Waals surface area contributed by atoms with E-state index in [1.807, 2.05) is 120 Å². The van der Waals surface area contributed by atoms with Crippen molar-refractivity contribution in [1.82, 2.24) is 79.3 Å². The van der Waals surface area contributed by atoms with Crippen LogP contribution in [0.4, 0.5) is 59.3 Å². The molecule has 6 fully saturated rings. The Kier molecular flexibility index (Phi) is 34.3. The van der Waals surface area contributed by atoms with Gasteiger partial charge < -0.3 is 74.7 Å². The number of halogens is 6. The Labute approximate surface area is 753 Å². The number of benzene rings is 4. The topological polar surface area (TPSA) is 361 Å². The fraction of sp³-hybridized carbons (Fsp3) is 0.344. The van der Waals surface area contributed by atoms with Crippen molar-refractivity contribution in [2.45, 2.75) is 63.9 Å². The third kappa shape index (κ3) is 28.1. The molecule has 6 aliphatic rings. The Morgan fingerprint density at radius 1 is 0.417 bits per heavy atom. The maximum absolute atomic E-state index is 13.6. The fourth-order valence-electron chi connectivity index (χ4n) is 13.6. The van der Waals surface area contributed by atoms with Crippen LogP contribution in [0.1, 0.15) is 62.8 Å². The smallest absolute Gasteiger partial charge is 0.488 e. The van der Waals surface area contributed by atoms with Gasteiger partial charge in [0.05, 0.1) is 92.3 Å². The minimum atomic E-state index is -0.567. The molecule has 6 saturated heterocycles. The first-order valence-corrected chi connectivity index (χ1v) is 42.1. The summed E-state index contributed by atoms with van der Waals surface area (Å²) in [4.78, 5) is 63.7. The maximum atomic E-state index is 13.6. The van der Waals surface area contributed by atoms with Crippen molar-refractivity contribution in [2.24, 2.45) is 0 Å². The van der Waals surface area contributed by atoms with E-state index < -0.39 is 35.8 Å². The van der Waals surface area contributed by atoms with Crippen molar-refractivity contribution in [3.05, 3.63) is 233 Å². The molecule has 7 aromatic heterocycles. The van der Waals surface area contributed by atoms with Crippen molar-refractivity contribution < 1.29 is 32.3 Å². The predicted molar refractivity (Wildman–Crippen MR) is 488 cm³/mol. The molecule has 2 unspecified atom stereocenters. The van der Waals surface area contributed by atoms with Gasteiger partial charge in [-0.05, 0) is 184 Å². The lowest BCUT2D eigenvalue weighted by Gasteiger charge is -2.33. The fourth-order valence-corrected chi connectivity index (χ4v) is 14.1. The number of aliphatic hydroxyl groups is 1. The molecule has 37 heteroatoms. The Hall–Kier alpha value is -12.4. The van der Waals surface area contributed by atoms with Gasteiger partial charge in [0, 0.05) is 146 Å². The van der Waals surface area contributed by atoms with E-state index in [0.29, 0.717) is 78.0 Å². The van der Waals surface area contributed by atoms with Crippen LogP contribution in [0, 0.1) is 62.8 Å². The number of nitrogens with two attached hydrogens (primary N) is 1. The van der Waals surface area contributed by atoms with E-state index in [-0.39, 0.29) is 28.9 Å². The number of rotatable bonds is 13. The quantitative estimate of drug-likeness (QED) is 0.0615. The normalized spacial score (nSPS) is 17.2. The summed E-state index contributed by atoms with van der Waals surface area (Å²) in [5.74, 6) is 2.18. The maximum Gasteiger partial charge on any atom is 0.494 e. The minimum Gasteiger partial charge on any atom is -0.488 e. The van der Waals surface area contributed by atoms with Crippen molar-refractivity contribution in [2.75, 3.05) is 171 Å². The predicted octanol–water partition coefficient (Wildman–Crippen LogP) is 12.7. The number of anilines is 8. The van der Waals surface area contributed by atoms with Crippen LogP contribution in [0.2, 0.25) is 15.5 Å². The number of aromatic nitrogens is 11. The monoisotopic (exact) mass is 1780 g/mol. The zero-order valence-electron chi connectivity index (χ0n) is 72.0. The first kappa shape index (κ1) is 95.3. The van der Waals surface area contributed by atoms with Gasteiger partial charge in [0.2, 0.25) is 0 Å². The van der Waals surface area contributed by atoms with Crippen molar-refractivity contribution in [3.8, 4) is 63.8 Å². The molecule has 17 rings (SSSR count). The third-order valence-corrected chi connectivity index (χ3v) is 22.4. The second kappa shape index (κ2) is 45.7. The summed E-state index contributed by atoms with van der Waals surface area (Å²) in [5.41, 5.74) is 13.2. The molecule has 5 N–H and O–H groups in total. The summed E-state index contributed by atoms with van der Waals surface area (Å²) < 4.78 is 57.7. The molecule has 0 radical (unpaired) electrons. The molecular weight excluding hydrogens is 1680 g/mol. The summed E-state index contributed by atoms with van der Waals surface area (Å²) in [6.45, 7) is 24.1. The van der Waals surface area contributed by atoms with E-state index in [2.05, 4.69) is 145 Å². The molecule has 0 aliphatic carbocycles. The number of piperazine rings is 3. The lowest BCUT2D eigenvalue weighted by Crippen LogP contribution is -2.44. The summed E-state index contributed by atoms with van der Waals surface area (Å²) in [7, 11) is 9.97. The third-order valence-electron chi connectivity index (χ3n) is 21.8. The summed E-state index contributed by atoms with van der Waals surface area (Å²) in [6, 6.07) is 44.7. The van der Waals surface area contributed by atoms with Gasteiger partial charge in [-0.3, -0.25) is 0 Å². The first-order chi connectivity index (χ1) is 61.0. The molecule has 127 heavy (non-hydrogen) atoms. The van der Waals surface area contributed by atoms with Crippen LogP contribution >= 0.6 is 34.8 Å². The molecule has 4 aromatic carbocycles. The Bertz CT molecular complexity index is 5600. The lowest BCUT2D eigenvalue weighted by atomic mass is 9.78. The van der Waals surface area contributed by atoms with Crippen LogP contribution in [0.3, 0.4) is 0 Å². The summed E-state index contributed by atoms with van der Waals surface area (Å²) in [5, 5.41) is 52.5. The molecule has 0 amide bonds. The van der Waals surface area contributed by atoms with Gasteiger partial charge in [-0.2, -0.15) is 21.0 Å². The number of likely N-dealkylation sites (N-methyl/N-ethyl adjacent to an activating group) is 5. The molecule has 2 atom stereocenters. The number of nitrogens with one attached hydrogen (secondary N) is 2. The van der Waals surface area contributed by atoms with Crippen LogP contribution in [-0.2, 0) is 9.31 Å². The van der Waals surface area contributed by atoms with Gasteiger partial charge in [0.1, 0.15) is 123 Å². The zero-order valence-corrected chi connectivity index (χ0v) is 74.3. The van der Waals surface area contributed by atoms with E-state index in [1.165, 1.54) is 79.5 Å². The number of aliphatic hydroxyl groups excluding tert-OH is 1. The average molecular weight is 1780 g/mol. The number of hydrogen-bond acceptors (Lipinski definition) is 30. The minimum absolute atomic E-state index is 0.00205. The number of nitrogen functional groups attached to an aromatic ring is 1. The van der Waals surface area contributed by atoms with Gasteiger partial charge in [-0.25, -0.2) is 68.0 Å². The molecule has 0 saturated carbocycles. The van der Waals surface area contributed by atoms with Crippen LogP contribution in [0.15, 0.2) is 177 Å². The van der Waals surface area contributed by atoms with Crippen LogP contribution in [0.25, 0.3) is 33.8 Å². The number of hydrogen-bond donors (Lipinski definition) is 4. The zero-order chi connectivity index (χ0) is 90.7. The Balaban J connectivity index is 0.000000153. The van der Waals surface area contributed by atoms with E-state index in [1.54, 1.807) is 30.3 Å². The first-order valence-electron chi connectivity index (χ1n) is 40.9. The highest BCUT2D eigenvalue weighted by Gasteiger charge is 2.52. The number of nitrogens with zero attached hydrogens (tertiary/aromatic N) is 23. The van der Waals surface area contributed by atoms with Crippen molar-refractivity contribution >= 4 is 93.5 Å². The average Bonchev–Trinajstić information content (AvgIpc) is 1.62. The summed E-state index contributed by atoms with van der Waals surface area (Å²) in [6.07, 6.45) is 13.1. The number of pyridine rings is 3. The van der Waals surface area contributed by atoms with E-state index in [4.69, 9.17) is 75.5 Å². The van der Waals surface area contributed by atoms with Gasteiger partial charge in [-0.1, -0.05) is 40.9 Å². The number of ether oxygens (including phenoxy) is 1.